The highest BCUT2D eigenvalue weighted by molar-refractivity contribution is 6.09. The van der Waals surface area contributed by atoms with Crippen LogP contribution in [0.1, 0.15) is 63.4 Å². The van der Waals surface area contributed by atoms with Gasteiger partial charge in [0.2, 0.25) is 5.91 Å². The SMILES string of the molecule is Cc1nn(-c2ccccc2)c(C)c1CN(C)C(=O)CN1C(=O)NC2(CCC(C(C)(C)C)CC2)C1=O. The van der Waals surface area contributed by atoms with Crippen LogP contribution < -0.4 is 5.32 Å². The molecule has 0 bridgehead atoms. The van der Waals surface area contributed by atoms with Crippen molar-refractivity contribution >= 4 is 17.8 Å². The zero-order chi connectivity index (χ0) is 25.5. The minimum absolute atomic E-state index is 0.177. The van der Waals surface area contributed by atoms with Crippen LogP contribution in [0.15, 0.2) is 30.3 Å². The molecule has 0 radical (unpaired) electrons. The van der Waals surface area contributed by atoms with Gasteiger partial charge in [0.25, 0.3) is 5.91 Å². The molecular formula is C27H37N5O3. The van der Waals surface area contributed by atoms with Crippen LogP contribution in [0.25, 0.3) is 5.69 Å². The first kappa shape index (κ1) is 24.9. The smallest absolute Gasteiger partial charge is 0.325 e. The molecule has 2 aliphatic rings. The lowest BCUT2D eigenvalue weighted by atomic mass is 9.67. The molecule has 35 heavy (non-hydrogen) atoms. The zero-order valence-electron chi connectivity index (χ0n) is 21.7. The van der Waals surface area contributed by atoms with Crippen LogP contribution in [0.5, 0.6) is 0 Å². The largest absolute Gasteiger partial charge is 0.340 e. The lowest BCUT2D eigenvalue weighted by Gasteiger charge is -2.40. The first-order valence-corrected chi connectivity index (χ1v) is 12.4. The highest BCUT2D eigenvalue weighted by Crippen LogP contribution is 2.43. The number of hydrogen-bond donors (Lipinski definition) is 1. The number of likely N-dealkylation sites (N-methyl/N-ethyl adjacent to an activating group) is 1. The van der Waals surface area contributed by atoms with Crippen molar-refractivity contribution in [3.63, 3.8) is 0 Å². The molecule has 1 aromatic heterocycles. The molecule has 1 saturated carbocycles. The van der Waals surface area contributed by atoms with Crippen molar-refractivity contribution in [2.75, 3.05) is 13.6 Å². The number of carbonyl (C=O) groups excluding carboxylic acids is 3. The molecule has 2 aromatic rings. The number of para-hydroxylation sites is 1. The number of benzene rings is 1. The summed E-state index contributed by atoms with van der Waals surface area (Å²) in [7, 11) is 1.70. The molecule has 1 N–H and O–H groups in total. The molecule has 1 saturated heterocycles. The number of urea groups is 1. The molecule has 4 rings (SSSR count). The van der Waals surface area contributed by atoms with E-state index < -0.39 is 11.6 Å². The second-order valence-corrected chi connectivity index (χ2v) is 11.2. The van der Waals surface area contributed by atoms with Crippen LogP contribution >= 0.6 is 0 Å². The summed E-state index contributed by atoms with van der Waals surface area (Å²) in [5.74, 6) is -0.0241. The first-order valence-electron chi connectivity index (χ1n) is 12.4. The standard InChI is InChI=1S/C27H37N5O3/c1-18-22(19(2)32(29-18)21-10-8-7-9-11-21)16-30(6)23(33)17-31-24(34)27(28-25(31)35)14-12-20(13-15-27)26(3,4)5/h7-11,20H,12-17H2,1-6H3,(H,28,35). The summed E-state index contributed by atoms with van der Waals surface area (Å²) in [6.45, 7) is 10.7. The fourth-order valence-corrected chi connectivity index (χ4v) is 5.44. The van der Waals surface area contributed by atoms with Crippen LogP contribution in [0, 0.1) is 25.2 Å². The van der Waals surface area contributed by atoms with E-state index in [0.717, 1.165) is 40.4 Å². The Morgan fingerprint density at radius 3 is 2.37 bits per heavy atom. The third-order valence-electron chi connectivity index (χ3n) is 7.87. The summed E-state index contributed by atoms with van der Waals surface area (Å²) < 4.78 is 1.87. The summed E-state index contributed by atoms with van der Waals surface area (Å²) in [4.78, 5) is 41.8. The number of amides is 4. The van der Waals surface area contributed by atoms with Crippen molar-refractivity contribution in [2.45, 2.75) is 72.4 Å². The molecule has 1 aliphatic heterocycles. The van der Waals surface area contributed by atoms with Crippen molar-refractivity contribution < 1.29 is 14.4 Å². The number of nitrogens with one attached hydrogen (secondary N) is 1. The fraction of sp³-hybridized carbons (Fsp3) is 0.556. The summed E-state index contributed by atoms with van der Waals surface area (Å²) >= 11 is 0. The van der Waals surface area contributed by atoms with E-state index in [-0.39, 0.29) is 23.8 Å². The van der Waals surface area contributed by atoms with E-state index in [9.17, 15) is 14.4 Å². The molecule has 2 fully saturated rings. The van der Waals surface area contributed by atoms with Crippen LogP contribution in [-0.2, 0) is 16.1 Å². The van der Waals surface area contributed by atoms with Crippen molar-refractivity contribution in [1.29, 1.82) is 0 Å². The van der Waals surface area contributed by atoms with Gasteiger partial charge in [0.15, 0.2) is 0 Å². The molecule has 188 valence electrons. The number of aromatic nitrogens is 2. The number of imide groups is 1. The van der Waals surface area contributed by atoms with Crippen LogP contribution in [-0.4, -0.2) is 56.6 Å². The van der Waals surface area contributed by atoms with E-state index in [1.54, 1.807) is 11.9 Å². The van der Waals surface area contributed by atoms with Gasteiger partial charge in [-0.25, -0.2) is 9.48 Å². The van der Waals surface area contributed by atoms with E-state index in [1.165, 1.54) is 0 Å². The van der Waals surface area contributed by atoms with Gasteiger partial charge in [0.1, 0.15) is 12.1 Å². The fourth-order valence-electron chi connectivity index (χ4n) is 5.44. The Kier molecular flexibility index (Phi) is 6.51. The van der Waals surface area contributed by atoms with Gasteiger partial charge in [-0.05, 0) is 63.0 Å². The van der Waals surface area contributed by atoms with Crippen molar-refractivity contribution in [3.05, 3.63) is 47.3 Å². The van der Waals surface area contributed by atoms with E-state index >= 15 is 0 Å². The van der Waals surface area contributed by atoms with Gasteiger partial charge in [-0.15, -0.1) is 0 Å². The first-order chi connectivity index (χ1) is 16.4. The average molecular weight is 480 g/mol. The van der Waals surface area contributed by atoms with Gasteiger partial charge < -0.3 is 10.2 Å². The van der Waals surface area contributed by atoms with Crippen LogP contribution in [0.2, 0.25) is 0 Å². The zero-order valence-corrected chi connectivity index (χ0v) is 21.7. The molecule has 0 unspecified atom stereocenters. The van der Waals surface area contributed by atoms with Gasteiger partial charge in [-0.3, -0.25) is 14.5 Å². The molecule has 1 aromatic carbocycles. The maximum absolute atomic E-state index is 13.3. The minimum atomic E-state index is -0.859. The summed E-state index contributed by atoms with van der Waals surface area (Å²) in [6, 6.07) is 9.39. The molecule has 2 heterocycles. The van der Waals surface area contributed by atoms with Crippen molar-refractivity contribution in [2.24, 2.45) is 11.3 Å². The topological polar surface area (TPSA) is 87.5 Å². The predicted octanol–water partition coefficient (Wildman–Crippen LogP) is 3.97. The van der Waals surface area contributed by atoms with Crippen LogP contribution in [0.4, 0.5) is 4.79 Å². The lowest BCUT2D eigenvalue weighted by Crippen LogP contribution is -2.51. The highest BCUT2D eigenvalue weighted by atomic mass is 16.2. The molecule has 0 atom stereocenters. The van der Waals surface area contributed by atoms with Crippen LogP contribution in [0.3, 0.4) is 0 Å². The second kappa shape index (κ2) is 9.13. The number of carbonyl (C=O) groups is 3. The monoisotopic (exact) mass is 479 g/mol. The molecule has 8 nitrogen and oxygen atoms in total. The molecule has 1 spiro atoms. The van der Waals surface area contributed by atoms with E-state index in [0.29, 0.717) is 25.3 Å². The number of rotatable bonds is 5. The maximum atomic E-state index is 13.3. The Balaban J connectivity index is 1.42. The van der Waals surface area contributed by atoms with Gasteiger partial charge >= 0.3 is 6.03 Å². The van der Waals surface area contributed by atoms with E-state index in [1.807, 2.05) is 48.9 Å². The Morgan fingerprint density at radius 2 is 1.77 bits per heavy atom. The highest BCUT2D eigenvalue weighted by Gasteiger charge is 2.53. The van der Waals surface area contributed by atoms with E-state index in [4.69, 9.17) is 0 Å². The summed E-state index contributed by atoms with van der Waals surface area (Å²) in [6.07, 6.45) is 3.02. The van der Waals surface area contributed by atoms with Gasteiger partial charge in [-0.2, -0.15) is 5.10 Å². The lowest BCUT2D eigenvalue weighted by molar-refractivity contribution is -0.139. The van der Waals surface area contributed by atoms with Gasteiger partial charge in [-0.1, -0.05) is 39.0 Å². The Labute approximate surface area is 207 Å². The Morgan fingerprint density at radius 1 is 1.14 bits per heavy atom. The predicted molar refractivity (Wildman–Crippen MR) is 134 cm³/mol. The molecule has 4 amide bonds. The second-order valence-electron chi connectivity index (χ2n) is 11.2. The Bertz CT molecular complexity index is 1120. The summed E-state index contributed by atoms with van der Waals surface area (Å²) in [5.41, 5.74) is 3.03. The van der Waals surface area contributed by atoms with Gasteiger partial charge in [0.05, 0.1) is 11.4 Å². The number of hydrogen-bond acceptors (Lipinski definition) is 4. The van der Waals surface area contributed by atoms with E-state index in [2.05, 4.69) is 31.2 Å². The van der Waals surface area contributed by atoms with Crippen molar-refractivity contribution in [3.8, 4) is 5.69 Å². The molecular weight excluding hydrogens is 442 g/mol. The molecule has 1 aliphatic carbocycles. The van der Waals surface area contributed by atoms with Gasteiger partial charge in [0, 0.05) is 24.8 Å². The third-order valence-corrected chi connectivity index (χ3v) is 7.87. The average Bonchev–Trinajstić information content (AvgIpc) is 3.21. The minimum Gasteiger partial charge on any atom is -0.340 e. The third kappa shape index (κ3) is 4.70. The number of nitrogens with zero attached hydrogens (tertiary/aromatic N) is 4. The quantitative estimate of drug-likeness (QED) is 0.658. The maximum Gasteiger partial charge on any atom is 0.325 e. The molecule has 8 heteroatoms. The normalized spacial score (nSPS) is 22.6. The number of aryl methyl sites for hydroxylation is 1. The Hall–Kier alpha value is -3.16. The van der Waals surface area contributed by atoms with Crippen molar-refractivity contribution in [1.82, 2.24) is 24.9 Å². The summed E-state index contributed by atoms with van der Waals surface area (Å²) in [5, 5.41) is 7.58.